The number of hydrogen-bond donors (Lipinski definition) is 1. The maximum absolute atomic E-state index is 12.1. The van der Waals surface area contributed by atoms with Crippen LogP contribution in [0.5, 0.6) is 0 Å². The van der Waals surface area contributed by atoms with Gasteiger partial charge in [-0.25, -0.2) is 0 Å². The molecule has 0 aromatic heterocycles. The number of ketones is 1. The van der Waals surface area contributed by atoms with Crippen molar-refractivity contribution in [2.24, 2.45) is 11.8 Å². The zero-order valence-electron chi connectivity index (χ0n) is 12.1. The van der Waals surface area contributed by atoms with Gasteiger partial charge in [0, 0.05) is 12.3 Å². The Hall–Kier alpha value is -1.15. The quantitative estimate of drug-likeness (QED) is 0.914. The number of Topliss-reactive ketones (excluding diaryl/α,β-unsaturated/α-hetero) is 1. The summed E-state index contributed by atoms with van der Waals surface area (Å²) in [5.74, 6) is 0.749. The van der Waals surface area contributed by atoms with Crippen LogP contribution in [0.2, 0.25) is 0 Å². The van der Waals surface area contributed by atoms with Crippen LogP contribution in [0.15, 0.2) is 30.3 Å². The molecule has 0 heterocycles. The van der Waals surface area contributed by atoms with Crippen molar-refractivity contribution in [3.05, 3.63) is 35.9 Å². The second kappa shape index (κ2) is 5.69. The Morgan fingerprint density at radius 1 is 1.15 bits per heavy atom. The summed E-state index contributed by atoms with van der Waals surface area (Å²) in [5.41, 5.74) is 0.666. The predicted octanol–water partition coefficient (Wildman–Crippen LogP) is 3.52. The molecule has 1 aromatic rings. The number of fused-ring (bicyclic) bond motifs is 1. The minimum absolute atomic E-state index is 0.137. The van der Waals surface area contributed by atoms with Gasteiger partial charge in [0.1, 0.15) is 5.78 Å². The lowest BCUT2D eigenvalue weighted by molar-refractivity contribution is -0.142. The molecule has 2 fully saturated rings. The number of aryl methyl sites for hydroxylation is 1. The van der Waals surface area contributed by atoms with Crippen molar-refractivity contribution in [1.82, 2.24) is 0 Å². The fourth-order valence-corrected chi connectivity index (χ4v) is 4.24. The number of carbonyl (C=O) groups is 1. The molecule has 0 unspecified atom stereocenters. The van der Waals surface area contributed by atoms with Crippen LogP contribution >= 0.6 is 0 Å². The van der Waals surface area contributed by atoms with Crippen molar-refractivity contribution in [1.29, 1.82) is 0 Å². The molecule has 2 heteroatoms. The molecule has 2 saturated carbocycles. The van der Waals surface area contributed by atoms with Crippen molar-refractivity contribution in [3.8, 4) is 0 Å². The summed E-state index contributed by atoms with van der Waals surface area (Å²) < 4.78 is 0. The molecule has 0 amide bonds. The lowest BCUT2D eigenvalue weighted by atomic mass is 9.61. The minimum Gasteiger partial charge on any atom is -0.390 e. The third kappa shape index (κ3) is 2.67. The normalized spacial score (nSPS) is 33.8. The summed E-state index contributed by atoms with van der Waals surface area (Å²) in [7, 11) is 0. The first-order valence-corrected chi connectivity index (χ1v) is 7.98. The monoisotopic (exact) mass is 272 g/mol. The first kappa shape index (κ1) is 13.8. The summed E-state index contributed by atoms with van der Waals surface area (Å²) >= 11 is 0. The zero-order valence-corrected chi connectivity index (χ0v) is 12.1. The molecule has 2 nitrogen and oxygen atoms in total. The molecule has 1 N–H and O–H groups in total. The van der Waals surface area contributed by atoms with E-state index in [9.17, 15) is 9.90 Å². The lowest BCUT2D eigenvalue weighted by Crippen LogP contribution is -2.49. The Labute approximate surface area is 121 Å². The molecule has 20 heavy (non-hydrogen) atoms. The van der Waals surface area contributed by atoms with Gasteiger partial charge in [0.2, 0.25) is 0 Å². The molecule has 3 atom stereocenters. The molecule has 0 spiro atoms. The second-order valence-corrected chi connectivity index (χ2v) is 6.55. The maximum atomic E-state index is 12.1. The molecule has 0 aliphatic heterocycles. The molecule has 2 aliphatic rings. The number of rotatable bonds is 3. The molecular formula is C18H24O2. The Bertz CT molecular complexity index is 468. The number of aliphatic hydroxyl groups is 1. The largest absolute Gasteiger partial charge is 0.390 e. The van der Waals surface area contributed by atoms with Crippen molar-refractivity contribution >= 4 is 5.78 Å². The van der Waals surface area contributed by atoms with Crippen molar-refractivity contribution < 1.29 is 9.90 Å². The van der Waals surface area contributed by atoms with Crippen LogP contribution in [0.4, 0.5) is 0 Å². The van der Waals surface area contributed by atoms with Crippen LogP contribution < -0.4 is 0 Å². The Morgan fingerprint density at radius 3 is 2.75 bits per heavy atom. The average molecular weight is 272 g/mol. The van der Waals surface area contributed by atoms with Crippen LogP contribution in [0.25, 0.3) is 0 Å². The van der Waals surface area contributed by atoms with Crippen LogP contribution in [0.3, 0.4) is 0 Å². The van der Waals surface area contributed by atoms with Gasteiger partial charge in [-0.05, 0) is 56.4 Å². The minimum atomic E-state index is -0.616. The maximum Gasteiger partial charge on any atom is 0.136 e. The van der Waals surface area contributed by atoms with Gasteiger partial charge in [0.25, 0.3) is 0 Å². The van der Waals surface area contributed by atoms with E-state index in [0.29, 0.717) is 5.78 Å². The number of hydrogen-bond acceptors (Lipinski definition) is 2. The highest BCUT2D eigenvalue weighted by Gasteiger charge is 2.47. The summed E-state index contributed by atoms with van der Waals surface area (Å²) in [6, 6.07) is 10.4. The van der Waals surface area contributed by atoms with Gasteiger partial charge in [-0.15, -0.1) is 0 Å². The van der Waals surface area contributed by atoms with Crippen molar-refractivity contribution in [2.75, 3.05) is 0 Å². The predicted molar refractivity (Wildman–Crippen MR) is 79.4 cm³/mol. The topological polar surface area (TPSA) is 37.3 Å². The molecule has 2 aliphatic carbocycles. The molecule has 0 bridgehead atoms. The molecule has 0 radical (unpaired) electrons. The average Bonchev–Trinajstić information content (AvgIpc) is 2.48. The lowest BCUT2D eigenvalue weighted by Gasteiger charge is -2.46. The number of carbonyl (C=O) groups excluding carboxylic acids is 1. The van der Waals surface area contributed by atoms with Gasteiger partial charge in [-0.2, -0.15) is 0 Å². The highest BCUT2D eigenvalue weighted by atomic mass is 16.3. The molecule has 3 rings (SSSR count). The third-order valence-corrected chi connectivity index (χ3v) is 5.34. The van der Waals surface area contributed by atoms with E-state index in [2.05, 4.69) is 12.1 Å². The van der Waals surface area contributed by atoms with Gasteiger partial charge in [0.15, 0.2) is 0 Å². The van der Waals surface area contributed by atoms with Gasteiger partial charge >= 0.3 is 0 Å². The van der Waals surface area contributed by atoms with E-state index in [0.717, 1.165) is 51.4 Å². The van der Waals surface area contributed by atoms with Gasteiger partial charge < -0.3 is 5.11 Å². The van der Waals surface area contributed by atoms with E-state index in [1.165, 1.54) is 5.56 Å². The van der Waals surface area contributed by atoms with Crippen LogP contribution in [-0.4, -0.2) is 16.5 Å². The van der Waals surface area contributed by atoms with Gasteiger partial charge in [-0.1, -0.05) is 30.3 Å². The summed E-state index contributed by atoms with van der Waals surface area (Å²) in [4.78, 5) is 12.1. The summed E-state index contributed by atoms with van der Waals surface area (Å²) in [6.45, 7) is 0. The van der Waals surface area contributed by atoms with E-state index in [4.69, 9.17) is 0 Å². The van der Waals surface area contributed by atoms with E-state index >= 15 is 0 Å². The highest BCUT2D eigenvalue weighted by molar-refractivity contribution is 5.82. The zero-order chi connectivity index (χ0) is 14.0. The summed E-state index contributed by atoms with van der Waals surface area (Å²) in [6.07, 6.45) is 7.30. The van der Waals surface area contributed by atoms with Crippen LogP contribution in [-0.2, 0) is 11.2 Å². The van der Waals surface area contributed by atoms with Crippen molar-refractivity contribution in [3.63, 3.8) is 0 Å². The Morgan fingerprint density at radius 2 is 1.95 bits per heavy atom. The fraction of sp³-hybridized carbons (Fsp3) is 0.611. The first-order valence-electron chi connectivity index (χ1n) is 7.98. The Kier molecular flexibility index (Phi) is 3.93. The van der Waals surface area contributed by atoms with Crippen LogP contribution in [0, 0.1) is 11.8 Å². The molecule has 108 valence electrons. The van der Waals surface area contributed by atoms with Gasteiger partial charge in [-0.3, -0.25) is 4.79 Å². The first-order chi connectivity index (χ1) is 9.69. The number of benzene rings is 1. The SMILES string of the molecule is O=C1CCC[C@@H]2[C@H]1CCC[C@]2(O)CCc1ccccc1. The smallest absolute Gasteiger partial charge is 0.136 e. The van der Waals surface area contributed by atoms with Gasteiger partial charge in [0.05, 0.1) is 5.60 Å². The van der Waals surface area contributed by atoms with E-state index < -0.39 is 5.60 Å². The van der Waals surface area contributed by atoms with Crippen molar-refractivity contribution in [2.45, 2.75) is 57.0 Å². The molecule has 0 saturated heterocycles. The third-order valence-electron chi connectivity index (χ3n) is 5.34. The molecule has 1 aromatic carbocycles. The van der Waals surface area contributed by atoms with E-state index in [-0.39, 0.29) is 11.8 Å². The Balaban J connectivity index is 1.71. The standard InChI is InChI=1S/C18H24O2/c19-17-10-4-9-16-15(17)8-5-12-18(16,20)13-11-14-6-2-1-3-7-14/h1-3,6-7,15-16,20H,4-5,8-13H2/t15-,16-,18+/m1/s1. The second-order valence-electron chi connectivity index (χ2n) is 6.55. The highest BCUT2D eigenvalue weighted by Crippen LogP contribution is 2.46. The van der Waals surface area contributed by atoms with E-state index in [1.807, 2.05) is 18.2 Å². The molecular weight excluding hydrogens is 248 g/mol. The van der Waals surface area contributed by atoms with E-state index in [1.54, 1.807) is 0 Å². The van der Waals surface area contributed by atoms with Crippen LogP contribution in [0.1, 0.15) is 50.5 Å². The fourth-order valence-electron chi connectivity index (χ4n) is 4.24. The summed E-state index contributed by atoms with van der Waals surface area (Å²) in [5, 5.41) is 11.1.